The van der Waals surface area contributed by atoms with Crippen molar-refractivity contribution >= 4 is 6.08 Å². The highest BCUT2D eigenvalue weighted by Gasteiger charge is 2.18. The normalized spacial score (nSPS) is 15.6. The molecule has 0 aromatic heterocycles. The van der Waals surface area contributed by atoms with E-state index in [1.54, 1.807) is 0 Å². The molecule has 0 unspecified atom stereocenters. The Morgan fingerprint density at radius 1 is 1.29 bits per heavy atom. The lowest BCUT2D eigenvalue weighted by Gasteiger charge is -1.93. The van der Waals surface area contributed by atoms with Crippen molar-refractivity contribution in [3.05, 3.63) is 41.5 Å². The predicted molar refractivity (Wildman–Crippen MR) is 57.5 cm³/mol. The summed E-state index contributed by atoms with van der Waals surface area (Å²) in [6.07, 6.45) is 8.38. The van der Waals surface area contributed by atoms with E-state index in [2.05, 4.69) is 18.2 Å². The van der Waals surface area contributed by atoms with Gasteiger partial charge in [0.2, 0.25) is 0 Å². The third-order valence-electron chi connectivity index (χ3n) is 2.52. The first-order chi connectivity index (χ1) is 6.88. The molecule has 1 aromatic rings. The van der Waals surface area contributed by atoms with E-state index < -0.39 is 0 Å². The minimum Gasteiger partial charge on any atom is -0.192 e. The van der Waals surface area contributed by atoms with E-state index in [1.807, 2.05) is 24.3 Å². The van der Waals surface area contributed by atoms with E-state index in [0.717, 1.165) is 11.5 Å². The van der Waals surface area contributed by atoms with E-state index in [4.69, 9.17) is 5.26 Å². The summed E-state index contributed by atoms with van der Waals surface area (Å²) in [4.78, 5) is 0. The van der Waals surface area contributed by atoms with Crippen molar-refractivity contribution in [3.8, 4) is 6.07 Å². The second-order valence-electron chi connectivity index (χ2n) is 3.82. The standard InChI is InChI=1S/C13H13N/c14-10-13-8-6-12(7-9-13)3-1-2-11-4-5-11/h1,3,6-9,11H,2,4-5H2/b3-1+. The van der Waals surface area contributed by atoms with Crippen molar-refractivity contribution < 1.29 is 0 Å². The first kappa shape index (κ1) is 9.02. The van der Waals surface area contributed by atoms with Crippen LogP contribution in [0.1, 0.15) is 30.4 Å². The van der Waals surface area contributed by atoms with Crippen LogP contribution in [0.25, 0.3) is 6.08 Å². The van der Waals surface area contributed by atoms with Crippen LogP contribution >= 0.6 is 0 Å². The molecule has 0 amide bonds. The van der Waals surface area contributed by atoms with Crippen LogP contribution in [0.4, 0.5) is 0 Å². The smallest absolute Gasteiger partial charge is 0.0991 e. The van der Waals surface area contributed by atoms with E-state index in [0.29, 0.717) is 0 Å². The van der Waals surface area contributed by atoms with Crippen molar-refractivity contribution in [2.24, 2.45) is 5.92 Å². The molecule has 0 aliphatic heterocycles. The zero-order valence-electron chi connectivity index (χ0n) is 8.11. The summed E-state index contributed by atoms with van der Waals surface area (Å²) in [7, 11) is 0. The molecule has 1 nitrogen and oxygen atoms in total. The summed E-state index contributed by atoms with van der Waals surface area (Å²) in [5.41, 5.74) is 1.91. The van der Waals surface area contributed by atoms with Crippen LogP contribution < -0.4 is 0 Å². The van der Waals surface area contributed by atoms with Gasteiger partial charge in [0.05, 0.1) is 11.6 Å². The molecule has 70 valence electrons. The minimum absolute atomic E-state index is 0.726. The molecule has 0 bridgehead atoms. The molecular formula is C13H13N. The molecule has 1 aliphatic rings. The Morgan fingerprint density at radius 3 is 2.57 bits per heavy atom. The van der Waals surface area contributed by atoms with Gasteiger partial charge in [-0.3, -0.25) is 0 Å². The Kier molecular flexibility index (Phi) is 2.65. The van der Waals surface area contributed by atoms with Gasteiger partial charge in [-0.25, -0.2) is 0 Å². The number of hydrogen-bond acceptors (Lipinski definition) is 1. The molecule has 14 heavy (non-hydrogen) atoms. The highest BCUT2D eigenvalue weighted by molar-refractivity contribution is 5.50. The molecule has 0 N–H and O–H groups in total. The third kappa shape index (κ3) is 2.47. The Morgan fingerprint density at radius 2 is 2.00 bits per heavy atom. The quantitative estimate of drug-likeness (QED) is 0.704. The fraction of sp³-hybridized carbons (Fsp3) is 0.308. The molecule has 1 heteroatoms. The largest absolute Gasteiger partial charge is 0.192 e. The summed E-state index contributed by atoms with van der Waals surface area (Å²) in [6, 6.07) is 9.81. The summed E-state index contributed by atoms with van der Waals surface area (Å²) >= 11 is 0. The van der Waals surface area contributed by atoms with Crippen LogP contribution in [-0.2, 0) is 0 Å². The first-order valence-electron chi connectivity index (χ1n) is 5.05. The highest BCUT2D eigenvalue weighted by Crippen LogP contribution is 2.32. The van der Waals surface area contributed by atoms with Crippen LogP contribution in [0.2, 0.25) is 0 Å². The van der Waals surface area contributed by atoms with E-state index in [1.165, 1.54) is 24.8 Å². The molecule has 1 aliphatic carbocycles. The summed E-state index contributed by atoms with van der Waals surface area (Å²) < 4.78 is 0. The average molecular weight is 183 g/mol. The molecule has 1 aromatic carbocycles. The van der Waals surface area contributed by atoms with Crippen LogP contribution in [-0.4, -0.2) is 0 Å². The lowest BCUT2D eigenvalue weighted by molar-refractivity contribution is 0.866. The van der Waals surface area contributed by atoms with E-state index >= 15 is 0 Å². The summed E-state index contributed by atoms with van der Waals surface area (Å²) in [5, 5.41) is 8.62. The molecule has 2 rings (SSSR count). The monoisotopic (exact) mass is 183 g/mol. The van der Waals surface area contributed by atoms with Crippen molar-refractivity contribution in [1.82, 2.24) is 0 Å². The number of rotatable bonds is 3. The van der Waals surface area contributed by atoms with Crippen molar-refractivity contribution in [2.75, 3.05) is 0 Å². The second-order valence-corrected chi connectivity index (χ2v) is 3.82. The number of allylic oxidation sites excluding steroid dienone is 1. The van der Waals surface area contributed by atoms with E-state index in [9.17, 15) is 0 Å². The van der Waals surface area contributed by atoms with Gasteiger partial charge in [-0.2, -0.15) is 5.26 Å². The van der Waals surface area contributed by atoms with Gasteiger partial charge >= 0.3 is 0 Å². The van der Waals surface area contributed by atoms with Gasteiger partial charge in [0.15, 0.2) is 0 Å². The number of benzene rings is 1. The Labute approximate surface area is 84.7 Å². The Balaban J connectivity index is 1.95. The number of nitrogens with zero attached hydrogens (tertiary/aromatic N) is 1. The molecule has 0 saturated heterocycles. The third-order valence-corrected chi connectivity index (χ3v) is 2.52. The lowest BCUT2D eigenvalue weighted by Crippen LogP contribution is -1.75. The van der Waals surface area contributed by atoms with Gasteiger partial charge in [0.25, 0.3) is 0 Å². The highest BCUT2D eigenvalue weighted by atomic mass is 14.2. The Hall–Kier alpha value is -1.55. The molecule has 1 fully saturated rings. The number of hydrogen-bond donors (Lipinski definition) is 0. The zero-order chi connectivity index (χ0) is 9.80. The minimum atomic E-state index is 0.726. The van der Waals surface area contributed by atoms with Gasteiger partial charge in [-0.05, 0) is 42.9 Å². The lowest BCUT2D eigenvalue weighted by atomic mass is 10.1. The summed E-state index contributed by atoms with van der Waals surface area (Å²) in [6.45, 7) is 0. The molecule has 0 spiro atoms. The average Bonchev–Trinajstić information content (AvgIpc) is 3.03. The van der Waals surface area contributed by atoms with Crippen LogP contribution in [0.15, 0.2) is 30.3 Å². The Bertz CT molecular complexity index is 363. The van der Waals surface area contributed by atoms with Gasteiger partial charge in [0, 0.05) is 0 Å². The van der Waals surface area contributed by atoms with Crippen molar-refractivity contribution in [3.63, 3.8) is 0 Å². The van der Waals surface area contributed by atoms with Gasteiger partial charge in [-0.15, -0.1) is 0 Å². The molecule has 0 radical (unpaired) electrons. The number of nitriles is 1. The van der Waals surface area contributed by atoms with Gasteiger partial charge in [0.1, 0.15) is 0 Å². The van der Waals surface area contributed by atoms with Crippen molar-refractivity contribution in [2.45, 2.75) is 19.3 Å². The summed E-state index contributed by atoms with van der Waals surface area (Å²) in [5.74, 6) is 0.949. The maximum atomic E-state index is 8.62. The maximum Gasteiger partial charge on any atom is 0.0991 e. The van der Waals surface area contributed by atoms with Crippen LogP contribution in [0.5, 0.6) is 0 Å². The SMILES string of the molecule is N#Cc1ccc(/C=C/CC2CC2)cc1. The van der Waals surface area contributed by atoms with E-state index in [-0.39, 0.29) is 0 Å². The predicted octanol–water partition coefficient (Wildman–Crippen LogP) is 3.37. The molecule has 1 saturated carbocycles. The van der Waals surface area contributed by atoms with Gasteiger partial charge < -0.3 is 0 Å². The maximum absolute atomic E-state index is 8.62. The van der Waals surface area contributed by atoms with Crippen molar-refractivity contribution in [1.29, 1.82) is 5.26 Å². The molecule has 0 atom stereocenters. The fourth-order valence-electron chi connectivity index (χ4n) is 1.42. The molecular weight excluding hydrogens is 170 g/mol. The zero-order valence-corrected chi connectivity index (χ0v) is 8.11. The topological polar surface area (TPSA) is 23.8 Å². The second kappa shape index (κ2) is 4.11. The fourth-order valence-corrected chi connectivity index (χ4v) is 1.42. The first-order valence-corrected chi connectivity index (χ1v) is 5.05. The molecule has 0 heterocycles. The van der Waals surface area contributed by atoms with Crippen LogP contribution in [0.3, 0.4) is 0 Å². The van der Waals surface area contributed by atoms with Gasteiger partial charge in [-0.1, -0.05) is 24.3 Å². The van der Waals surface area contributed by atoms with Crippen LogP contribution in [0, 0.1) is 17.2 Å².